The van der Waals surface area contributed by atoms with E-state index in [2.05, 4.69) is 33.5 Å². The molecule has 0 aromatic heterocycles. The lowest BCUT2D eigenvalue weighted by Crippen LogP contribution is -2.64. The molecule has 24 heteroatoms. The molecule has 0 spiro atoms. The van der Waals surface area contributed by atoms with Gasteiger partial charge in [-0.05, 0) is 24.1 Å². The second-order valence-corrected chi connectivity index (χ2v) is 20.4. The van der Waals surface area contributed by atoms with Gasteiger partial charge in [-0.2, -0.15) is 0 Å². The van der Waals surface area contributed by atoms with Crippen molar-refractivity contribution in [3.05, 3.63) is 29.8 Å². The highest BCUT2D eigenvalue weighted by Gasteiger charge is 2.50. The summed E-state index contributed by atoms with van der Waals surface area (Å²) in [7, 11) is 0. The van der Waals surface area contributed by atoms with Crippen LogP contribution in [0.1, 0.15) is 135 Å². The van der Waals surface area contributed by atoms with Crippen LogP contribution in [0.2, 0.25) is 0 Å². The Morgan fingerprint density at radius 2 is 1.27 bits per heavy atom. The number of fused-ring (bicyclic) bond motifs is 2. The van der Waals surface area contributed by atoms with Gasteiger partial charge in [-0.25, -0.2) is 0 Å². The van der Waals surface area contributed by atoms with Gasteiger partial charge in [0.1, 0.15) is 48.1 Å². The number of nitrogens with one attached hydrogen (secondary N) is 5. The lowest BCUT2D eigenvalue weighted by Gasteiger charge is -2.33. The molecule has 1 aromatic carbocycles. The first-order chi connectivity index (χ1) is 35.7. The fraction of sp³-hybridized carbons (Fsp3) is 0.725. The van der Waals surface area contributed by atoms with E-state index < -0.39 is 172 Å². The van der Waals surface area contributed by atoms with E-state index in [4.69, 9.17) is 5.73 Å². The summed E-state index contributed by atoms with van der Waals surface area (Å²) in [6, 6.07) is -6.01. The van der Waals surface area contributed by atoms with Crippen LogP contribution in [0.3, 0.4) is 0 Å². The number of rotatable bonds is 23. The first kappa shape index (κ1) is 62.0. The van der Waals surface area contributed by atoms with Gasteiger partial charge in [0.05, 0.1) is 37.4 Å². The van der Waals surface area contributed by atoms with Gasteiger partial charge in [-0.15, -0.1) is 0 Å². The van der Waals surface area contributed by atoms with Crippen LogP contribution in [0.25, 0.3) is 0 Å². The minimum Gasteiger partial charge on any atom is -0.508 e. The number of nitrogens with zero attached hydrogens (tertiary/aromatic N) is 2. The zero-order valence-electron chi connectivity index (χ0n) is 43.2. The van der Waals surface area contributed by atoms with Gasteiger partial charge in [0.25, 0.3) is 0 Å². The summed E-state index contributed by atoms with van der Waals surface area (Å²) < 4.78 is 0. The molecule has 1 aromatic rings. The Hall–Kier alpha value is -5.50. The standard InChI is InChI=1S/C51H82N8O16/c1-3-4-5-6-7-8-9-10-11-12-13-14-15-16-17-40(67)53-33-24-38(65)47(71)57-49(73)43-44(68)29(2)26-59(43)51(75)42(37(64)25-39(52)66)56-48(72)41(36(63)22-30-18-20-31(61)21-19-30)55-46(70)35-23-32(62)27-58(35)50(74)34(28-60)54-45(33)69/h18-21,29,32-38,41-44,47,60-65,68,71H,3-17,22-28H2,1-2H3,(H2,52,66)(H,53,67)(H,54,69)(H,55,70)(H,56,72)(H,57,73). The normalized spacial score (nSPS) is 28.3. The predicted octanol–water partition coefficient (Wildman–Crippen LogP) is -2.30. The molecule has 0 aliphatic carbocycles. The Labute approximate surface area is 437 Å². The molecule has 13 unspecified atom stereocenters. The van der Waals surface area contributed by atoms with Crippen LogP contribution >= 0.6 is 0 Å². The SMILES string of the molecule is CCCCCCCCCCCCCCCCC(=O)NC1CC(O)C(O)NC(=O)C2C(O)C(C)CN2C(=O)C(C(O)CC(N)=O)NC(=O)C(C(O)Cc2ccc(O)cc2)NC(=O)C2CC(O)CN2C(=O)C(CO)NC1=O. The average Bonchev–Trinajstić information content (AvgIpc) is 3.91. The second-order valence-electron chi connectivity index (χ2n) is 20.4. The van der Waals surface area contributed by atoms with Crippen LogP contribution < -0.4 is 32.3 Å². The molecule has 3 aliphatic heterocycles. The summed E-state index contributed by atoms with van der Waals surface area (Å²) in [4.78, 5) is 112. The van der Waals surface area contributed by atoms with E-state index in [0.717, 1.165) is 35.5 Å². The fourth-order valence-electron chi connectivity index (χ4n) is 9.84. The van der Waals surface area contributed by atoms with E-state index in [1.165, 1.54) is 82.6 Å². The average molecular weight is 1060 g/mol. The maximum Gasteiger partial charge on any atom is 0.248 e. The molecular formula is C51H82N8O16. The quantitative estimate of drug-likeness (QED) is 0.0513. The molecule has 422 valence electrons. The van der Waals surface area contributed by atoms with E-state index >= 15 is 0 Å². The van der Waals surface area contributed by atoms with Crippen LogP contribution in [0.4, 0.5) is 0 Å². The monoisotopic (exact) mass is 1060 g/mol. The number of primary amides is 1. The second kappa shape index (κ2) is 30.9. The fourth-order valence-corrected chi connectivity index (χ4v) is 9.84. The highest BCUT2D eigenvalue weighted by Crippen LogP contribution is 2.27. The van der Waals surface area contributed by atoms with E-state index in [9.17, 15) is 79.2 Å². The van der Waals surface area contributed by atoms with Crippen molar-refractivity contribution in [2.24, 2.45) is 11.7 Å². The van der Waals surface area contributed by atoms with Crippen molar-refractivity contribution >= 4 is 47.3 Å². The smallest absolute Gasteiger partial charge is 0.248 e. The molecule has 3 aliphatic rings. The number of carbonyl (C=O) groups excluding carboxylic acids is 8. The molecule has 0 radical (unpaired) electrons. The molecule has 3 saturated heterocycles. The third-order valence-corrected chi connectivity index (χ3v) is 14.2. The van der Waals surface area contributed by atoms with Gasteiger partial charge in [0.15, 0.2) is 6.23 Å². The lowest BCUT2D eigenvalue weighted by molar-refractivity contribution is -0.148. The first-order valence-electron chi connectivity index (χ1n) is 26.5. The highest BCUT2D eigenvalue weighted by molar-refractivity contribution is 5.98. The third kappa shape index (κ3) is 18.9. The maximum absolute atomic E-state index is 14.5. The number of aromatic hydroxyl groups is 1. The number of amides is 8. The number of aliphatic hydroxyl groups is 7. The molecular weight excluding hydrogens is 981 g/mol. The number of hydrogen-bond donors (Lipinski definition) is 14. The highest BCUT2D eigenvalue weighted by atomic mass is 16.3. The lowest BCUT2D eigenvalue weighted by atomic mass is 9.99. The van der Waals surface area contributed by atoms with Crippen molar-refractivity contribution in [3.63, 3.8) is 0 Å². The first-order valence-corrected chi connectivity index (χ1v) is 26.5. The zero-order valence-corrected chi connectivity index (χ0v) is 43.2. The van der Waals surface area contributed by atoms with Crippen LogP contribution in [0.15, 0.2) is 24.3 Å². The van der Waals surface area contributed by atoms with E-state index in [-0.39, 0.29) is 12.2 Å². The summed E-state index contributed by atoms with van der Waals surface area (Å²) in [5.41, 5.74) is 5.68. The van der Waals surface area contributed by atoms with Crippen molar-refractivity contribution in [1.29, 1.82) is 0 Å². The molecule has 4 rings (SSSR count). The number of phenols is 1. The van der Waals surface area contributed by atoms with Gasteiger partial charge in [-0.1, -0.05) is 109 Å². The summed E-state index contributed by atoms with van der Waals surface area (Å²) in [5, 5.41) is 99.1. The number of nitrogens with two attached hydrogens (primary N) is 1. The van der Waals surface area contributed by atoms with Crippen molar-refractivity contribution in [2.45, 2.75) is 209 Å². The molecule has 3 fully saturated rings. The van der Waals surface area contributed by atoms with Crippen LogP contribution in [0.5, 0.6) is 5.75 Å². The summed E-state index contributed by atoms with van der Waals surface area (Å²) in [6.07, 6.45) is 1.03. The van der Waals surface area contributed by atoms with Gasteiger partial charge in [0.2, 0.25) is 47.3 Å². The van der Waals surface area contributed by atoms with E-state index in [0.29, 0.717) is 18.4 Å². The number of phenolic OH excluding ortho intramolecular Hbond substituents is 1. The largest absolute Gasteiger partial charge is 0.508 e. The summed E-state index contributed by atoms with van der Waals surface area (Å²) in [5.74, 6) is -10.1. The van der Waals surface area contributed by atoms with Gasteiger partial charge < -0.3 is 83.0 Å². The summed E-state index contributed by atoms with van der Waals surface area (Å²) >= 11 is 0. The third-order valence-electron chi connectivity index (χ3n) is 14.2. The Morgan fingerprint density at radius 1 is 0.693 bits per heavy atom. The molecule has 0 bridgehead atoms. The van der Waals surface area contributed by atoms with Gasteiger partial charge in [-0.3, -0.25) is 38.4 Å². The number of unbranched alkanes of at least 4 members (excludes halogenated alkanes) is 13. The Morgan fingerprint density at radius 3 is 1.84 bits per heavy atom. The minimum absolute atomic E-state index is 0.0548. The van der Waals surface area contributed by atoms with Crippen molar-refractivity contribution in [2.75, 3.05) is 19.7 Å². The predicted molar refractivity (Wildman–Crippen MR) is 269 cm³/mol. The Balaban J connectivity index is 1.63. The van der Waals surface area contributed by atoms with Crippen LogP contribution in [0, 0.1) is 5.92 Å². The number of benzene rings is 1. The topological polar surface area (TPSA) is 391 Å². The Bertz CT molecular complexity index is 2050. The Kier molecular flexibility index (Phi) is 25.6. The van der Waals surface area contributed by atoms with E-state index in [1.807, 2.05) is 0 Å². The molecule has 8 amide bonds. The van der Waals surface area contributed by atoms with Crippen LogP contribution in [-0.2, 0) is 44.8 Å². The summed E-state index contributed by atoms with van der Waals surface area (Å²) in [6.45, 7) is 1.61. The van der Waals surface area contributed by atoms with Gasteiger partial charge in [0, 0.05) is 44.7 Å². The van der Waals surface area contributed by atoms with Crippen molar-refractivity contribution < 1.29 is 79.2 Å². The van der Waals surface area contributed by atoms with Gasteiger partial charge >= 0.3 is 0 Å². The number of hydrogen-bond acceptors (Lipinski definition) is 16. The molecule has 24 nitrogen and oxygen atoms in total. The molecule has 0 saturated carbocycles. The molecule has 15 N–H and O–H groups in total. The van der Waals surface area contributed by atoms with Crippen LogP contribution in [-0.4, -0.2) is 191 Å². The minimum atomic E-state index is -2.25. The van der Waals surface area contributed by atoms with Crippen molar-refractivity contribution in [3.8, 4) is 5.75 Å². The molecule has 3 heterocycles. The van der Waals surface area contributed by atoms with Crippen molar-refractivity contribution in [1.82, 2.24) is 36.4 Å². The number of carbonyl (C=O) groups is 8. The molecule has 13 atom stereocenters. The number of aliphatic hydroxyl groups excluding tert-OH is 7. The van der Waals surface area contributed by atoms with E-state index in [1.54, 1.807) is 0 Å². The molecule has 75 heavy (non-hydrogen) atoms. The zero-order chi connectivity index (χ0) is 55.4. The maximum atomic E-state index is 14.5.